The zero-order valence-corrected chi connectivity index (χ0v) is 11.9. The van der Waals surface area contributed by atoms with E-state index in [4.69, 9.17) is 16.3 Å². The normalized spacial score (nSPS) is 21.7. The first kappa shape index (κ1) is 13.3. The third-order valence-electron chi connectivity index (χ3n) is 3.11. The molecule has 4 heteroatoms. The fraction of sp³-hybridized carbons (Fsp3) is 0.538. The van der Waals surface area contributed by atoms with Gasteiger partial charge >= 0.3 is 0 Å². The van der Waals surface area contributed by atoms with Gasteiger partial charge in [0, 0.05) is 16.1 Å². The smallest absolute Gasteiger partial charge is 0.0801 e. The van der Waals surface area contributed by atoms with Crippen molar-refractivity contribution in [3.05, 3.63) is 33.3 Å². The van der Waals surface area contributed by atoms with Gasteiger partial charge in [0.2, 0.25) is 0 Å². The molecule has 94 valence electrons. The molecular weight excluding hydrogens is 303 g/mol. The molecule has 1 saturated heterocycles. The van der Waals surface area contributed by atoms with Crippen LogP contribution in [0.1, 0.15) is 37.4 Å². The van der Waals surface area contributed by atoms with Gasteiger partial charge in [-0.1, -0.05) is 33.6 Å². The van der Waals surface area contributed by atoms with Gasteiger partial charge in [0.25, 0.3) is 0 Å². The SMILES string of the molecule is OC(CCC1CCCO1)c1ccc(Cl)cc1Br. The Kier molecular flexibility index (Phi) is 4.86. The van der Waals surface area contributed by atoms with E-state index < -0.39 is 6.10 Å². The highest BCUT2D eigenvalue weighted by Crippen LogP contribution is 2.30. The number of hydrogen-bond donors (Lipinski definition) is 1. The molecule has 1 aliphatic rings. The monoisotopic (exact) mass is 318 g/mol. The molecule has 0 saturated carbocycles. The second-order valence-corrected chi connectivity index (χ2v) is 5.68. The summed E-state index contributed by atoms with van der Waals surface area (Å²) in [6, 6.07) is 5.48. The van der Waals surface area contributed by atoms with Gasteiger partial charge in [0.1, 0.15) is 0 Å². The first-order valence-corrected chi connectivity index (χ1v) is 7.08. The molecule has 1 aromatic rings. The fourth-order valence-corrected chi connectivity index (χ4v) is 3.09. The Morgan fingerprint density at radius 3 is 3.00 bits per heavy atom. The van der Waals surface area contributed by atoms with Crippen molar-refractivity contribution in [1.82, 2.24) is 0 Å². The molecule has 17 heavy (non-hydrogen) atoms. The van der Waals surface area contributed by atoms with E-state index in [0.717, 1.165) is 42.3 Å². The minimum Gasteiger partial charge on any atom is -0.388 e. The number of aliphatic hydroxyl groups excluding tert-OH is 1. The van der Waals surface area contributed by atoms with Gasteiger partial charge in [-0.2, -0.15) is 0 Å². The summed E-state index contributed by atoms with van der Waals surface area (Å²) in [5, 5.41) is 10.8. The minimum atomic E-state index is -0.453. The highest BCUT2D eigenvalue weighted by atomic mass is 79.9. The number of rotatable bonds is 4. The number of benzene rings is 1. The lowest BCUT2D eigenvalue weighted by Crippen LogP contribution is -2.08. The van der Waals surface area contributed by atoms with Crippen molar-refractivity contribution in [2.45, 2.75) is 37.9 Å². The van der Waals surface area contributed by atoms with E-state index in [1.165, 1.54) is 0 Å². The van der Waals surface area contributed by atoms with Crippen molar-refractivity contribution in [3.8, 4) is 0 Å². The van der Waals surface area contributed by atoms with Crippen molar-refractivity contribution >= 4 is 27.5 Å². The maximum Gasteiger partial charge on any atom is 0.0801 e. The number of halogens is 2. The fourth-order valence-electron chi connectivity index (χ4n) is 2.14. The molecule has 2 atom stereocenters. The Labute approximate surface area is 115 Å². The summed E-state index contributed by atoms with van der Waals surface area (Å²) >= 11 is 9.30. The van der Waals surface area contributed by atoms with Gasteiger partial charge in [-0.05, 0) is 43.4 Å². The number of aliphatic hydroxyl groups is 1. The molecular formula is C13H16BrClO2. The largest absolute Gasteiger partial charge is 0.388 e. The van der Waals surface area contributed by atoms with E-state index in [1.54, 1.807) is 6.07 Å². The van der Waals surface area contributed by atoms with Gasteiger partial charge in [0.05, 0.1) is 12.2 Å². The Morgan fingerprint density at radius 1 is 1.53 bits per heavy atom. The second-order valence-electron chi connectivity index (χ2n) is 4.39. The van der Waals surface area contributed by atoms with Gasteiger partial charge in [-0.3, -0.25) is 0 Å². The average molecular weight is 320 g/mol. The van der Waals surface area contributed by atoms with E-state index >= 15 is 0 Å². The predicted molar refractivity (Wildman–Crippen MR) is 72.3 cm³/mol. The Bertz CT molecular complexity index is 378. The van der Waals surface area contributed by atoms with Crippen LogP contribution < -0.4 is 0 Å². The van der Waals surface area contributed by atoms with Crippen molar-refractivity contribution in [3.63, 3.8) is 0 Å². The highest BCUT2D eigenvalue weighted by Gasteiger charge is 2.18. The molecule has 1 fully saturated rings. The molecule has 0 bridgehead atoms. The molecule has 0 spiro atoms. The average Bonchev–Trinajstić information content (AvgIpc) is 2.78. The second kappa shape index (κ2) is 6.19. The van der Waals surface area contributed by atoms with E-state index in [9.17, 15) is 5.11 Å². The molecule has 0 aromatic heterocycles. The molecule has 0 amide bonds. The number of ether oxygens (including phenoxy) is 1. The molecule has 1 aromatic carbocycles. The van der Waals surface area contributed by atoms with Gasteiger partial charge in [0.15, 0.2) is 0 Å². The van der Waals surface area contributed by atoms with Crippen molar-refractivity contribution in [2.24, 2.45) is 0 Å². The van der Waals surface area contributed by atoms with Crippen LogP contribution in [0.3, 0.4) is 0 Å². The van der Waals surface area contributed by atoms with E-state index in [2.05, 4.69) is 15.9 Å². The Hall–Kier alpha value is -0.0900. The summed E-state index contributed by atoms with van der Waals surface area (Å²) in [7, 11) is 0. The Balaban J connectivity index is 1.91. The molecule has 2 unspecified atom stereocenters. The van der Waals surface area contributed by atoms with Gasteiger partial charge < -0.3 is 9.84 Å². The summed E-state index contributed by atoms with van der Waals surface area (Å²) in [5.74, 6) is 0. The lowest BCUT2D eigenvalue weighted by atomic mass is 10.0. The summed E-state index contributed by atoms with van der Waals surface area (Å²) < 4.78 is 6.41. The summed E-state index contributed by atoms with van der Waals surface area (Å²) in [6.45, 7) is 0.866. The summed E-state index contributed by atoms with van der Waals surface area (Å²) in [4.78, 5) is 0. The van der Waals surface area contributed by atoms with Crippen molar-refractivity contribution in [2.75, 3.05) is 6.61 Å². The van der Waals surface area contributed by atoms with Crippen molar-refractivity contribution in [1.29, 1.82) is 0 Å². The van der Waals surface area contributed by atoms with Crippen LogP contribution in [-0.2, 0) is 4.74 Å². The van der Waals surface area contributed by atoms with Crippen LogP contribution in [0.25, 0.3) is 0 Å². The third-order valence-corrected chi connectivity index (χ3v) is 4.03. The summed E-state index contributed by atoms with van der Waals surface area (Å²) in [5.41, 5.74) is 0.896. The van der Waals surface area contributed by atoms with Crippen LogP contribution in [0.2, 0.25) is 5.02 Å². The standard InChI is InChI=1S/C13H16BrClO2/c14-12-8-9(15)3-5-11(12)13(16)6-4-10-2-1-7-17-10/h3,5,8,10,13,16H,1-2,4,6-7H2. The van der Waals surface area contributed by atoms with Crippen LogP contribution >= 0.6 is 27.5 Å². The van der Waals surface area contributed by atoms with Crippen LogP contribution in [0.5, 0.6) is 0 Å². The third kappa shape index (κ3) is 3.68. The first-order chi connectivity index (χ1) is 8.16. The molecule has 2 rings (SSSR count). The van der Waals surface area contributed by atoms with E-state index in [0.29, 0.717) is 11.1 Å². The highest BCUT2D eigenvalue weighted by molar-refractivity contribution is 9.10. The van der Waals surface area contributed by atoms with Gasteiger partial charge in [-0.25, -0.2) is 0 Å². The molecule has 1 N–H and O–H groups in total. The van der Waals surface area contributed by atoms with Crippen molar-refractivity contribution < 1.29 is 9.84 Å². The zero-order valence-electron chi connectivity index (χ0n) is 9.53. The van der Waals surface area contributed by atoms with Crippen LogP contribution in [-0.4, -0.2) is 17.8 Å². The van der Waals surface area contributed by atoms with Crippen LogP contribution in [0, 0.1) is 0 Å². The van der Waals surface area contributed by atoms with E-state index in [-0.39, 0.29) is 0 Å². The lowest BCUT2D eigenvalue weighted by molar-refractivity contribution is 0.0811. The van der Waals surface area contributed by atoms with Crippen LogP contribution in [0.4, 0.5) is 0 Å². The lowest BCUT2D eigenvalue weighted by Gasteiger charge is -2.15. The maximum absolute atomic E-state index is 10.1. The Morgan fingerprint density at radius 2 is 2.35 bits per heavy atom. The molecule has 1 aliphatic heterocycles. The maximum atomic E-state index is 10.1. The minimum absolute atomic E-state index is 0.329. The van der Waals surface area contributed by atoms with Crippen LogP contribution in [0.15, 0.2) is 22.7 Å². The topological polar surface area (TPSA) is 29.5 Å². The quantitative estimate of drug-likeness (QED) is 0.905. The summed E-state index contributed by atoms with van der Waals surface area (Å²) in [6.07, 6.45) is 3.78. The molecule has 0 aliphatic carbocycles. The van der Waals surface area contributed by atoms with E-state index in [1.807, 2.05) is 12.1 Å². The number of hydrogen-bond acceptors (Lipinski definition) is 2. The molecule has 1 heterocycles. The predicted octanol–water partition coefficient (Wildman–Crippen LogP) is 4.10. The molecule has 2 nitrogen and oxygen atoms in total. The first-order valence-electron chi connectivity index (χ1n) is 5.91. The van der Waals surface area contributed by atoms with Gasteiger partial charge in [-0.15, -0.1) is 0 Å². The zero-order chi connectivity index (χ0) is 12.3. The molecule has 0 radical (unpaired) electrons.